The third kappa shape index (κ3) is 4.08. The first-order valence-electron chi connectivity index (χ1n) is 11.8. The summed E-state index contributed by atoms with van der Waals surface area (Å²) in [6.07, 6.45) is 6.17. The van der Waals surface area contributed by atoms with Gasteiger partial charge in [-0.3, -0.25) is 15.0 Å². The normalized spacial score (nSPS) is 18.2. The number of amides is 1. The number of likely N-dealkylation sites (tertiary alicyclic amines) is 1. The summed E-state index contributed by atoms with van der Waals surface area (Å²) in [5, 5.41) is 9.76. The lowest BCUT2D eigenvalue weighted by molar-refractivity contribution is -0.904. The van der Waals surface area contributed by atoms with Crippen LogP contribution in [0.15, 0.2) is 71.5 Å². The Morgan fingerprint density at radius 2 is 1.83 bits per heavy atom. The van der Waals surface area contributed by atoms with Crippen LogP contribution in [0.4, 0.5) is 0 Å². The Kier molecular flexibility index (Phi) is 6.12. The molecule has 0 radical (unpaired) electrons. The summed E-state index contributed by atoms with van der Waals surface area (Å²) in [5.74, 6) is 0.0185. The number of carbonyl (C=O) groups excluding carboxylic acids is 1. The standard InChI is InChI=1S/C27H27ClN3O4S/c1-27(2)22-4-3-11-29-26(22)25(21-6-5-20(28)17-23(21)36(27,34)35)19-9-12-30(13-10-19)24(32)16-18-7-14-31(33)15-8-18/h3-8,11,14-15,17,33H,9-10,12-13,16H2,1-2H3/q+1. The maximum atomic E-state index is 13.8. The molecule has 7 nitrogen and oxygen atoms in total. The molecule has 1 aromatic carbocycles. The highest BCUT2D eigenvalue weighted by Crippen LogP contribution is 2.47. The summed E-state index contributed by atoms with van der Waals surface area (Å²) in [6.45, 7) is 4.49. The lowest BCUT2D eigenvalue weighted by Gasteiger charge is -2.30. The van der Waals surface area contributed by atoms with Crippen LogP contribution in [0, 0.1) is 0 Å². The maximum Gasteiger partial charge on any atom is 0.227 e. The predicted molar refractivity (Wildman–Crippen MR) is 135 cm³/mol. The summed E-state index contributed by atoms with van der Waals surface area (Å²) in [5.41, 5.74) is 4.67. The van der Waals surface area contributed by atoms with E-state index in [1.54, 1.807) is 50.4 Å². The van der Waals surface area contributed by atoms with Gasteiger partial charge in [-0.15, -0.1) is 0 Å². The molecule has 1 amide bonds. The van der Waals surface area contributed by atoms with Gasteiger partial charge in [-0.05, 0) is 56.0 Å². The van der Waals surface area contributed by atoms with E-state index in [0.717, 1.165) is 21.4 Å². The number of piperidine rings is 1. The summed E-state index contributed by atoms with van der Waals surface area (Å²) < 4.78 is 27.4. The number of fused-ring (bicyclic) bond motifs is 2. The molecule has 1 fully saturated rings. The molecule has 9 heteroatoms. The highest BCUT2D eigenvalue weighted by atomic mass is 35.5. The van der Waals surface area contributed by atoms with Gasteiger partial charge in [0.25, 0.3) is 0 Å². The van der Waals surface area contributed by atoms with Gasteiger partial charge in [-0.1, -0.05) is 29.3 Å². The summed E-state index contributed by atoms with van der Waals surface area (Å²) in [7, 11) is -3.77. The van der Waals surface area contributed by atoms with Crippen LogP contribution < -0.4 is 4.73 Å². The zero-order valence-electron chi connectivity index (χ0n) is 20.1. The minimum Gasteiger partial charge on any atom is -0.342 e. The van der Waals surface area contributed by atoms with Crippen molar-refractivity contribution in [3.63, 3.8) is 0 Å². The van der Waals surface area contributed by atoms with E-state index in [1.165, 1.54) is 18.5 Å². The maximum absolute atomic E-state index is 13.8. The molecule has 0 bridgehead atoms. The number of sulfone groups is 1. The molecular formula is C27H27ClN3O4S+. The number of aromatic nitrogens is 2. The zero-order chi connectivity index (χ0) is 25.7. The second-order valence-corrected chi connectivity index (χ2v) is 12.6. The Labute approximate surface area is 215 Å². The van der Waals surface area contributed by atoms with Crippen LogP contribution in [0.2, 0.25) is 5.02 Å². The molecule has 1 saturated heterocycles. The van der Waals surface area contributed by atoms with Crippen molar-refractivity contribution in [1.82, 2.24) is 9.88 Å². The van der Waals surface area contributed by atoms with Gasteiger partial charge in [-0.2, -0.15) is 0 Å². The molecule has 36 heavy (non-hydrogen) atoms. The third-order valence-corrected chi connectivity index (χ3v) is 9.89. The minimum atomic E-state index is -3.77. The first-order chi connectivity index (χ1) is 17.1. The summed E-state index contributed by atoms with van der Waals surface area (Å²) >= 11 is 6.27. The van der Waals surface area contributed by atoms with Gasteiger partial charge >= 0.3 is 0 Å². The van der Waals surface area contributed by atoms with Gasteiger partial charge < -0.3 is 4.90 Å². The van der Waals surface area contributed by atoms with E-state index in [4.69, 9.17) is 11.6 Å². The topological polar surface area (TPSA) is 91.4 Å². The lowest BCUT2D eigenvalue weighted by atomic mass is 9.87. The van der Waals surface area contributed by atoms with E-state index in [0.29, 0.717) is 47.8 Å². The van der Waals surface area contributed by atoms with E-state index < -0.39 is 14.6 Å². The molecule has 3 aromatic rings. The second kappa shape index (κ2) is 9.01. The van der Waals surface area contributed by atoms with Crippen molar-refractivity contribution in [2.75, 3.05) is 13.1 Å². The summed E-state index contributed by atoms with van der Waals surface area (Å²) in [4.78, 5) is 19.7. The van der Waals surface area contributed by atoms with E-state index in [2.05, 4.69) is 4.98 Å². The molecule has 5 rings (SSSR count). The SMILES string of the molecule is CC1(C)c2cccnc2C(=C2CCN(C(=O)Cc3cc[n+](O)cc3)CC2)c2ccc(Cl)cc2S1(=O)=O. The largest absolute Gasteiger partial charge is 0.342 e. The molecule has 0 atom stereocenters. The zero-order valence-corrected chi connectivity index (χ0v) is 21.7. The Bertz CT molecular complexity index is 1490. The van der Waals surface area contributed by atoms with Crippen LogP contribution in [0.25, 0.3) is 5.57 Å². The lowest BCUT2D eigenvalue weighted by Crippen LogP contribution is -2.37. The van der Waals surface area contributed by atoms with Crippen molar-refractivity contribution in [3.05, 3.63) is 94.0 Å². The van der Waals surface area contributed by atoms with Gasteiger partial charge in [0, 0.05) is 52.3 Å². The van der Waals surface area contributed by atoms with Gasteiger partial charge in [0.05, 0.1) is 21.8 Å². The number of pyridine rings is 2. The van der Waals surface area contributed by atoms with Crippen molar-refractivity contribution in [2.45, 2.75) is 42.8 Å². The van der Waals surface area contributed by atoms with Gasteiger partial charge in [0.2, 0.25) is 18.3 Å². The molecule has 2 aliphatic heterocycles. The summed E-state index contributed by atoms with van der Waals surface area (Å²) in [6, 6.07) is 12.1. The number of hydrogen-bond donors (Lipinski definition) is 1. The molecule has 4 heterocycles. The quantitative estimate of drug-likeness (QED) is 0.405. The van der Waals surface area contributed by atoms with Crippen LogP contribution in [0.1, 0.15) is 49.1 Å². The highest BCUT2D eigenvalue weighted by molar-refractivity contribution is 7.92. The fourth-order valence-corrected chi connectivity index (χ4v) is 7.03. The molecule has 1 N–H and O–H groups in total. The van der Waals surface area contributed by atoms with E-state index in [1.807, 2.05) is 11.0 Å². The van der Waals surface area contributed by atoms with Crippen molar-refractivity contribution in [2.24, 2.45) is 0 Å². The monoisotopic (exact) mass is 524 g/mol. The van der Waals surface area contributed by atoms with E-state index in [9.17, 15) is 18.4 Å². The molecule has 186 valence electrons. The van der Waals surface area contributed by atoms with Crippen LogP contribution in [0.3, 0.4) is 0 Å². The Morgan fingerprint density at radius 1 is 1.14 bits per heavy atom. The van der Waals surface area contributed by atoms with Gasteiger partial charge in [0.15, 0.2) is 9.84 Å². The average molecular weight is 525 g/mol. The third-order valence-electron chi connectivity index (χ3n) is 7.18. The Morgan fingerprint density at radius 3 is 2.53 bits per heavy atom. The van der Waals surface area contributed by atoms with Crippen LogP contribution in [0.5, 0.6) is 0 Å². The molecule has 2 aromatic heterocycles. The number of hydrogen-bond acceptors (Lipinski definition) is 5. The van der Waals surface area contributed by atoms with E-state index >= 15 is 0 Å². The number of carbonyl (C=O) groups is 1. The Hall–Kier alpha value is -3.23. The van der Waals surface area contributed by atoms with Crippen molar-refractivity contribution in [1.29, 1.82) is 0 Å². The second-order valence-electron chi connectivity index (χ2n) is 9.68. The van der Waals surface area contributed by atoms with E-state index in [-0.39, 0.29) is 17.2 Å². The molecule has 0 unspecified atom stereocenters. The van der Waals surface area contributed by atoms with Crippen LogP contribution in [-0.4, -0.2) is 42.5 Å². The van der Waals surface area contributed by atoms with Gasteiger partial charge in [-0.25, -0.2) is 8.42 Å². The van der Waals surface area contributed by atoms with Crippen LogP contribution >= 0.6 is 11.6 Å². The molecule has 2 aliphatic rings. The highest BCUT2D eigenvalue weighted by Gasteiger charge is 2.45. The first-order valence-corrected chi connectivity index (χ1v) is 13.7. The molecule has 0 spiro atoms. The van der Waals surface area contributed by atoms with Crippen LogP contribution in [-0.2, 0) is 25.8 Å². The first kappa shape index (κ1) is 24.5. The van der Waals surface area contributed by atoms with Crippen molar-refractivity contribution < 1.29 is 23.1 Å². The number of nitrogens with zero attached hydrogens (tertiary/aromatic N) is 3. The minimum absolute atomic E-state index is 0.0185. The number of benzene rings is 1. The molecular weight excluding hydrogens is 498 g/mol. The fourth-order valence-electron chi connectivity index (χ4n) is 5.05. The Balaban J connectivity index is 1.54. The van der Waals surface area contributed by atoms with Crippen molar-refractivity contribution in [3.8, 4) is 0 Å². The van der Waals surface area contributed by atoms with Crippen molar-refractivity contribution >= 4 is 32.9 Å². The predicted octanol–water partition coefficient (Wildman–Crippen LogP) is 3.95. The van der Waals surface area contributed by atoms with Gasteiger partial charge in [0.1, 0.15) is 0 Å². The molecule has 0 aliphatic carbocycles. The smallest absolute Gasteiger partial charge is 0.227 e. The number of halogens is 1. The average Bonchev–Trinajstić information content (AvgIpc) is 2.91. The number of rotatable bonds is 2. The molecule has 0 saturated carbocycles. The fraction of sp³-hybridized carbons (Fsp3) is 0.296.